The molecule has 0 aromatic heterocycles. The van der Waals surface area contributed by atoms with Crippen molar-refractivity contribution >= 4 is 23.7 Å². The van der Waals surface area contributed by atoms with Gasteiger partial charge >= 0.3 is 0 Å². The van der Waals surface area contributed by atoms with Crippen LogP contribution in [0.25, 0.3) is 11.1 Å². The van der Waals surface area contributed by atoms with E-state index in [1.54, 1.807) is 12.1 Å². The highest BCUT2D eigenvalue weighted by molar-refractivity contribution is 6.05. The first-order chi connectivity index (χ1) is 14.8. The second kappa shape index (κ2) is 8.97. The van der Waals surface area contributed by atoms with Gasteiger partial charge in [-0.25, -0.2) is 0 Å². The number of benzene rings is 4. The first-order valence-electron chi connectivity index (χ1n) is 9.76. The average molecular weight is 388 g/mol. The molecule has 0 aliphatic heterocycles. The Kier molecular flexibility index (Phi) is 5.77. The van der Waals surface area contributed by atoms with Crippen LogP contribution in [0.5, 0.6) is 0 Å². The summed E-state index contributed by atoms with van der Waals surface area (Å²) in [5, 5.41) is 0. The maximum atomic E-state index is 11.5. The fourth-order valence-corrected chi connectivity index (χ4v) is 3.66. The lowest BCUT2D eigenvalue weighted by Gasteiger charge is -2.18. The van der Waals surface area contributed by atoms with Crippen molar-refractivity contribution in [3.05, 3.63) is 143 Å². The normalized spacial score (nSPS) is 10.3. The van der Waals surface area contributed by atoms with Crippen molar-refractivity contribution in [2.75, 3.05) is 0 Å². The molecule has 0 aliphatic carbocycles. The van der Waals surface area contributed by atoms with E-state index in [-0.39, 0.29) is 0 Å². The zero-order valence-electron chi connectivity index (χ0n) is 16.4. The van der Waals surface area contributed by atoms with Gasteiger partial charge in [0.15, 0.2) is 0 Å². The summed E-state index contributed by atoms with van der Waals surface area (Å²) in [4.78, 5) is 22.9. The fourth-order valence-electron chi connectivity index (χ4n) is 3.66. The van der Waals surface area contributed by atoms with Crippen LogP contribution in [0.3, 0.4) is 0 Å². The Hall–Kier alpha value is -4.04. The van der Waals surface area contributed by atoms with Gasteiger partial charge in [-0.3, -0.25) is 9.59 Å². The topological polar surface area (TPSA) is 34.1 Å². The van der Waals surface area contributed by atoms with Crippen molar-refractivity contribution in [3.63, 3.8) is 0 Å². The SMILES string of the molecule is O=Cc1cccc(C(=C(c2ccccc2)c2ccccc2)c2cccc(C=O)c2)c1. The standard InChI is InChI=1S/C28H20O2/c29-19-21-9-7-15-25(17-21)28(26-16-8-10-22(18-26)20-30)27(23-11-3-1-4-12-23)24-13-5-2-6-14-24/h1-20H. The largest absolute Gasteiger partial charge is 0.298 e. The van der Waals surface area contributed by atoms with Gasteiger partial charge in [-0.1, -0.05) is 97.1 Å². The predicted octanol–water partition coefficient (Wildman–Crippen LogP) is 6.32. The Morgan fingerprint density at radius 1 is 0.433 bits per heavy atom. The molecule has 2 nitrogen and oxygen atoms in total. The van der Waals surface area contributed by atoms with Crippen molar-refractivity contribution in [2.45, 2.75) is 0 Å². The van der Waals surface area contributed by atoms with Crippen LogP contribution in [0.15, 0.2) is 109 Å². The molecule has 4 aromatic rings. The summed E-state index contributed by atoms with van der Waals surface area (Å²) in [6.45, 7) is 0. The smallest absolute Gasteiger partial charge is 0.150 e. The van der Waals surface area contributed by atoms with Crippen molar-refractivity contribution in [2.24, 2.45) is 0 Å². The van der Waals surface area contributed by atoms with Crippen LogP contribution >= 0.6 is 0 Å². The highest BCUT2D eigenvalue weighted by Crippen LogP contribution is 2.37. The highest BCUT2D eigenvalue weighted by Gasteiger charge is 2.16. The molecule has 0 aliphatic rings. The lowest BCUT2D eigenvalue weighted by atomic mass is 9.85. The van der Waals surface area contributed by atoms with Gasteiger partial charge < -0.3 is 0 Å². The van der Waals surface area contributed by atoms with Crippen LogP contribution in [0.1, 0.15) is 43.0 Å². The van der Waals surface area contributed by atoms with E-state index < -0.39 is 0 Å². The van der Waals surface area contributed by atoms with Crippen LogP contribution in [0, 0.1) is 0 Å². The minimum Gasteiger partial charge on any atom is -0.298 e. The van der Waals surface area contributed by atoms with Gasteiger partial charge in [0.25, 0.3) is 0 Å². The lowest BCUT2D eigenvalue weighted by molar-refractivity contribution is 0.111. The molecule has 0 saturated heterocycles. The van der Waals surface area contributed by atoms with Gasteiger partial charge in [-0.2, -0.15) is 0 Å². The van der Waals surface area contributed by atoms with E-state index in [0.29, 0.717) is 11.1 Å². The maximum absolute atomic E-state index is 11.5. The molecular weight excluding hydrogens is 368 g/mol. The van der Waals surface area contributed by atoms with E-state index in [1.165, 1.54) is 0 Å². The maximum Gasteiger partial charge on any atom is 0.150 e. The predicted molar refractivity (Wildman–Crippen MR) is 122 cm³/mol. The van der Waals surface area contributed by atoms with Gasteiger partial charge in [-0.05, 0) is 45.5 Å². The van der Waals surface area contributed by atoms with Crippen molar-refractivity contribution in [1.29, 1.82) is 0 Å². The summed E-state index contributed by atoms with van der Waals surface area (Å²) < 4.78 is 0. The second-order valence-electron chi connectivity index (χ2n) is 6.97. The van der Waals surface area contributed by atoms with Crippen LogP contribution in [0.4, 0.5) is 0 Å². The Labute approximate surface area is 176 Å². The molecule has 0 fully saturated rings. The van der Waals surface area contributed by atoms with Gasteiger partial charge in [0.05, 0.1) is 0 Å². The Balaban J connectivity index is 2.12. The van der Waals surface area contributed by atoms with Crippen molar-refractivity contribution < 1.29 is 9.59 Å². The Morgan fingerprint density at radius 2 is 0.800 bits per heavy atom. The van der Waals surface area contributed by atoms with E-state index in [2.05, 4.69) is 24.3 Å². The first kappa shape index (κ1) is 19.3. The van der Waals surface area contributed by atoms with Gasteiger partial charge in [0.2, 0.25) is 0 Å². The van der Waals surface area contributed by atoms with E-state index in [0.717, 1.165) is 46.0 Å². The first-order valence-corrected chi connectivity index (χ1v) is 9.76. The quantitative estimate of drug-likeness (QED) is 0.286. The molecule has 0 radical (unpaired) electrons. The average Bonchev–Trinajstić information content (AvgIpc) is 2.83. The minimum absolute atomic E-state index is 0.608. The number of carbonyl (C=O) groups is 2. The summed E-state index contributed by atoms with van der Waals surface area (Å²) in [6, 6.07) is 35.5. The van der Waals surface area contributed by atoms with Gasteiger partial charge in [-0.15, -0.1) is 0 Å². The zero-order chi connectivity index (χ0) is 20.8. The summed E-state index contributed by atoms with van der Waals surface area (Å²) in [5.74, 6) is 0. The molecule has 2 heteroatoms. The fraction of sp³-hybridized carbons (Fsp3) is 0. The minimum atomic E-state index is 0.608. The summed E-state index contributed by atoms with van der Waals surface area (Å²) in [7, 11) is 0. The number of rotatable bonds is 6. The van der Waals surface area contributed by atoms with E-state index in [4.69, 9.17) is 0 Å². The molecule has 4 rings (SSSR count). The van der Waals surface area contributed by atoms with Gasteiger partial charge in [0.1, 0.15) is 12.6 Å². The van der Waals surface area contributed by atoms with Crippen LogP contribution in [-0.4, -0.2) is 12.6 Å². The number of aldehydes is 2. The van der Waals surface area contributed by atoms with Crippen LogP contribution < -0.4 is 0 Å². The van der Waals surface area contributed by atoms with E-state index in [1.807, 2.05) is 72.8 Å². The summed E-state index contributed by atoms with van der Waals surface area (Å²) in [6.07, 6.45) is 1.71. The molecule has 0 heterocycles. The molecule has 0 atom stereocenters. The third-order valence-electron chi connectivity index (χ3n) is 5.00. The lowest BCUT2D eigenvalue weighted by Crippen LogP contribution is -1.99. The molecule has 144 valence electrons. The van der Waals surface area contributed by atoms with Crippen molar-refractivity contribution in [3.8, 4) is 0 Å². The molecule has 0 saturated carbocycles. The second-order valence-corrected chi connectivity index (χ2v) is 6.97. The van der Waals surface area contributed by atoms with E-state index in [9.17, 15) is 9.59 Å². The molecule has 0 spiro atoms. The molecule has 0 amide bonds. The number of carbonyl (C=O) groups excluding carboxylic acids is 2. The number of hydrogen-bond acceptors (Lipinski definition) is 2. The highest BCUT2D eigenvalue weighted by atomic mass is 16.1. The Morgan fingerprint density at radius 3 is 1.20 bits per heavy atom. The summed E-state index contributed by atoms with van der Waals surface area (Å²) in [5.41, 5.74) is 7.20. The Bertz CT molecular complexity index is 1110. The molecule has 0 bridgehead atoms. The van der Waals surface area contributed by atoms with Crippen LogP contribution in [-0.2, 0) is 0 Å². The zero-order valence-corrected chi connectivity index (χ0v) is 16.4. The third-order valence-corrected chi connectivity index (χ3v) is 5.00. The van der Waals surface area contributed by atoms with Gasteiger partial charge in [0, 0.05) is 11.1 Å². The summed E-state index contributed by atoms with van der Waals surface area (Å²) >= 11 is 0. The molecule has 0 N–H and O–H groups in total. The van der Waals surface area contributed by atoms with Crippen LogP contribution in [0.2, 0.25) is 0 Å². The van der Waals surface area contributed by atoms with E-state index >= 15 is 0 Å². The monoisotopic (exact) mass is 388 g/mol. The van der Waals surface area contributed by atoms with Crippen molar-refractivity contribution in [1.82, 2.24) is 0 Å². The molecule has 4 aromatic carbocycles. The molecule has 0 unspecified atom stereocenters. The molecular formula is C28H20O2. The molecule has 30 heavy (non-hydrogen) atoms. The number of hydrogen-bond donors (Lipinski definition) is 0. The third kappa shape index (κ3) is 4.03.